The fraction of sp³-hybridized carbons (Fsp3) is 0.0625. The molecule has 1 aromatic heterocycles. The van der Waals surface area contributed by atoms with E-state index in [0.717, 1.165) is 15.4 Å². The normalized spacial score (nSPS) is 10.7. The Hall–Kier alpha value is -2.07. The van der Waals surface area contributed by atoms with Gasteiger partial charge < -0.3 is 9.15 Å². The lowest BCUT2D eigenvalue weighted by Gasteiger charge is -2.07. The highest BCUT2D eigenvalue weighted by Crippen LogP contribution is 2.30. The Balaban J connectivity index is 2.06. The van der Waals surface area contributed by atoms with Crippen LogP contribution in [0.4, 0.5) is 0 Å². The van der Waals surface area contributed by atoms with Crippen LogP contribution in [0.15, 0.2) is 62.2 Å². The van der Waals surface area contributed by atoms with Gasteiger partial charge in [-0.3, -0.25) is 0 Å². The van der Waals surface area contributed by atoms with E-state index in [1.165, 1.54) is 0 Å². The molecule has 0 radical (unpaired) electrons. The van der Waals surface area contributed by atoms with E-state index < -0.39 is 5.63 Å². The Morgan fingerprint density at radius 3 is 2.65 bits per heavy atom. The molecule has 20 heavy (non-hydrogen) atoms. The fourth-order valence-electron chi connectivity index (χ4n) is 1.92. The molecule has 0 N–H and O–H groups in total. The molecule has 3 aromatic rings. The lowest BCUT2D eigenvalue weighted by molar-refractivity contribution is 0.435. The number of benzene rings is 2. The van der Waals surface area contributed by atoms with Crippen LogP contribution in [0.25, 0.3) is 11.0 Å². The van der Waals surface area contributed by atoms with Crippen molar-refractivity contribution in [1.29, 1.82) is 0 Å². The van der Waals surface area contributed by atoms with Crippen LogP contribution in [0.2, 0.25) is 0 Å². The minimum atomic E-state index is -0.490. The number of rotatable bonds is 2. The molecule has 100 valence electrons. The molecule has 1 heterocycles. The molecule has 3 rings (SSSR count). The van der Waals surface area contributed by atoms with Crippen LogP contribution in [0.3, 0.4) is 0 Å². The van der Waals surface area contributed by atoms with Crippen LogP contribution in [0.5, 0.6) is 11.5 Å². The average Bonchev–Trinajstić information content (AvgIpc) is 2.42. The molecule has 0 atom stereocenters. The van der Waals surface area contributed by atoms with Crippen molar-refractivity contribution in [1.82, 2.24) is 0 Å². The summed E-state index contributed by atoms with van der Waals surface area (Å²) in [4.78, 5) is 11.9. The first kappa shape index (κ1) is 12.9. The third-order valence-corrected chi connectivity index (χ3v) is 3.54. The second kappa shape index (κ2) is 5.13. The smallest absolute Gasteiger partial charge is 0.379 e. The molecule has 0 aliphatic heterocycles. The molecular formula is C16H11BrO3. The Labute approximate surface area is 123 Å². The molecule has 3 nitrogen and oxygen atoms in total. The maximum atomic E-state index is 11.9. The second-order valence-corrected chi connectivity index (χ2v) is 5.33. The summed E-state index contributed by atoms with van der Waals surface area (Å²) in [6.07, 6.45) is 0. The van der Waals surface area contributed by atoms with Crippen LogP contribution in [-0.4, -0.2) is 0 Å². The number of hydrogen-bond donors (Lipinski definition) is 0. The Bertz CT molecular complexity index is 836. The summed E-state index contributed by atoms with van der Waals surface area (Å²) in [5.41, 5.74) is 1.17. The fourth-order valence-corrected chi connectivity index (χ4v) is 2.50. The summed E-state index contributed by atoms with van der Waals surface area (Å²) in [5, 5.41) is 0.824. The van der Waals surface area contributed by atoms with E-state index in [-0.39, 0.29) is 5.75 Å². The molecule has 4 heteroatoms. The molecule has 0 amide bonds. The Kier molecular flexibility index (Phi) is 3.32. The molecule has 2 aromatic carbocycles. The highest BCUT2D eigenvalue weighted by atomic mass is 79.9. The lowest BCUT2D eigenvalue weighted by atomic mass is 10.2. The molecule has 0 spiro atoms. The topological polar surface area (TPSA) is 39.4 Å². The molecule has 0 bridgehead atoms. The maximum Gasteiger partial charge on any atom is 0.379 e. The third-order valence-electron chi connectivity index (χ3n) is 2.92. The lowest BCUT2D eigenvalue weighted by Crippen LogP contribution is -2.03. The average molecular weight is 331 g/mol. The first-order valence-electron chi connectivity index (χ1n) is 6.10. The van der Waals surface area contributed by atoms with Crippen molar-refractivity contribution in [2.24, 2.45) is 0 Å². The summed E-state index contributed by atoms with van der Waals surface area (Å²) in [6.45, 7) is 1.99. The van der Waals surface area contributed by atoms with Gasteiger partial charge in [0.25, 0.3) is 0 Å². The van der Waals surface area contributed by atoms with Crippen molar-refractivity contribution >= 4 is 26.9 Å². The molecule has 0 aliphatic carbocycles. The quantitative estimate of drug-likeness (QED) is 0.641. The largest absolute Gasteiger partial charge is 0.448 e. The van der Waals surface area contributed by atoms with Gasteiger partial charge in [-0.25, -0.2) is 4.79 Å². The van der Waals surface area contributed by atoms with Gasteiger partial charge in [-0.1, -0.05) is 24.3 Å². The van der Waals surface area contributed by atoms with Gasteiger partial charge in [-0.15, -0.1) is 0 Å². The van der Waals surface area contributed by atoms with E-state index in [4.69, 9.17) is 9.15 Å². The van der Waals surface area contributed by atoms with Crippen LogP contribution in [0.1, 0.15) is 5.56 Å². The second-order valence-electron chi connectivity index (χ2n) is 4.47. The van der Waals surface area contributed by atoms with E-state index in [1.54, 1.807) is 12.1 Å². The predicted molar refractivity (Wildman–Crippen MR) is 81.4 cm³/mol. The zero-order valence-corrected chi connectivity index (χ0v) is 12.3. The highest BCUT2D eigenvalue weighted by molar-refractivity contribution is 9.10. The first-order valence-corrected chi connectivity index (χ1v) is 6.90. The van der Waals surface area contributed by atoms with E-state index in [2.05, 4.69) is 15.9 Å². The summed E-state index contributed by atoms with van der Waals surface area (Å²) >= 11 is 3.42. The molecule has 0 fully saturated rings. The van der Waals surface area contributed by atoms with Crippen LogP contribution in [-0.2, 0) is 0 Å². The standard InChI is InChI=1S/C16H11BrO3/c1-10-6-7-14(12(17)8-10)19-15-9-11-4-2-3-5-13(11)20-16(15)18/h2-9H,1H3. The Morgan fingerprint density at radius 1 is 1.05 bits per heavy atom. The predicted octanol–water partition coefficient (Wildman–Crippen LogP) is 4.66. The minimum absolute atomic E-state index is 0.174. The monoisotopic (exact) mass is 330 g/mol. The van der Waals surface area contributed by atoms with Crippen LogP contribution in [0, 0.1) is 6.92 Å². The zero-order valence-electron chi connectivity index (χ0n) is 10.7. The van der Waals surface area contributed by atoms with Crippen molar-refractivity contribution < 1.29 is 9.15 Å². The van der Waals surface area contributed by atoms with Gasteiger partial charge in [0.2, 0.25) is 5.75 Å². The van der Waals surface area contributed by atoms with Crippen LogP contribution >= 0.6 is 15.9 Å². The highest BCUT2D eigenvalue weighted by Gasteiger charge is 2.09. The van der Waals surface area contributed by atoms with Crippen LogP contribution < -0.4 is 10.4 Å². The SMILES string of the molecule is Cc1ccc(Oc2cc3ccccc3oc2=O)c(Br)c1. The number of ether oxygens (including phenoxy) is 1. The number of aryl methyl sites for hydroxylation is 1. The van der Waals surface area contributed by atoms with Gasteiger partial charge in [0.1, 0.15) is 11.3 Å². The molecule has 0 aliphatic rings. The van der Waals surface area contributed by atoms with Crippen molar-refractivity contribution in [3.63, 3.8) is 0 Å². The van der Waals surface area contributed by atoms with Gasteiger partial charge in [0.15, 0.2) is 0 Å². The molecule has 0 saturated heterocycles. The number of fused-ring (bicyclic) bond motifs is 1. The first-order chi connectivity index (χ1) is 9.63. The van der Waals surface area contributed by atoms with Gasteiger partial charge in [-0.2, -0.15) is 0 Å². The van der Waals surface area contributed by atoms with Gasteiger partial charge >= 0.3 is 5.63 Å². The maximum absolute atomic E-state index is 11.9. The molecule has 0 unspecified atom stereocenters. The van der Waals surface area contributed by atoms with Crippen molar-refractivity contribution in [3.05, 3.63) is 69.0 Å². The third kappa shape index (κ3) is 2.47. The van der Waals surface area contributed by atoms with E-state index >= 15 is 0 Å². The van der Waals surface area contributed by atoms with Crippen molar-refractivity contribution in [2.45, 2.75) is 6.92 Å². The van der Waals surface area contributed by atoms with Gasteiger partial charge in [0.05, 0.1) is 4.47 Å². The summed E-state index contributed by atoms with van der Waals surface area (Å²) in [6, 6.07) is 14.7. The number of hydrogen-bond acceptors (Lipinski definition) is 3. The van der Waals surface area contributed by atoms with Crippen molar-refractivity contribution in [2.75, 3.05) is 0 Å². The number of halogens is 1. The van der Waals surface area contributed by atoms with Gasteiger partial charge in [0, 0.05) is 5.39 Å². The summed E-state index contributed by atoms with van der Waals surface area (Å²) in [7, 11) is 0. The summed E-state index contributed by atoms with van der Waals surface area (Å²) < 4.78 is 11.7. The van der Waals surface area contributed by atoms with E-state index in [1.807, 2.05) is 43.3 Å². The summed E-state index contributed by atoms with van der Waals surface area (Å²) in [5.74, 6) is 0.756. The number of para-hydroxylation sites is 1. The minimum Gasteiger partial charge on any atom is -0.448 e. The van der Waals surface area contributed by atoms with Crippen molar-refractivity contribution in [3.8, 4) is 11.5 Å². The molecule has 0 saturated carbocycles. The zero-order chi connectivity index (χ0) is 14.1. The van der Waals surface area contributed by atoms with E-state index in [9.17, 15) is 4.79 Å². The van der Waals surface area contributed by atoms with E-state index in [0.29, 0.717) is 11.3 Å². The Morgan fingerprint density at radius 2 is 1.85 bits per heavy atom. The van der Waals surface area contributed by atoms with Gasteiger partial charge in [-0.05, 0) is 52.7 Å². The molecular weight excluding hydrogens is 320 g/mol.